The van der Waals surface area contributed by atoms with Crippen molar-refractivity contribution in [3.05, 3.63) is 40.6 Å². The van der Waals surface area contributed by atoms with Crippen molar-refractivity contribution in [1.29, 1.82) is 0 Å². The zero-order valence-corrected chi connectivity index (χ0v) is 10.9. The fourth-order valence-electron chi connectivity index (χ4n) is 2.15. The van der Waals surface area contributed by atoms with E-state index in [1.54, 1.807) is 0 Å². The first kappa shape index (κ1) is 13.2. The van der Waals surface area contributed by atoms with Crippen molar-refractivity contribution < 1.29 is 14.3 Å². The summed E-state index contributed by atoms with van der Waals surface area (Å²) in [6.45, 7) is 5.69. The molecule has 0 aliphatic rings. The van der Waals surface area contributed by atoms with E-state index in [4.69, 9.17) is 5.11 Å². The second-order valence-electron chi connectivity index (χ2n) is 4.24. The minimum atomic E-state index is -1.23. The first-order chi connectivity index (χ1) is 8.95. The van der Waals surface area contributed by atoms with Gasteiger partial charge in [-0.3, -0.25) is 0 Å². The lowest BCUT2D eigenvalue weighted by molar-refractivity contribution is 0.0695. The number of carboxylic acid groups (broad SMARTS) is 1. The quantitative estimate of drug-likeness (QED) is 0.922. The van der Waals surface area contributed by atoms with Crippen LogP contribution in [0.15, 0.2) is 12.3 Å². The highest BCUT2D eigenvalue weighted by molar-refractivity contribution is 5.91. The van der Waals surface area contributed by atoms with Crippen molar-refractivity contribution in [1.82, 2.24) is 14.8 Å². The zero-order valence-electron chi connectivity index (χ0n) is 10.9. The van der Waals surface area contributed by atoms with Crippen LogP contribution >= 0.6 is 0 Å². The van der Waals surface area contributed by atoms with Gasteiger partial charge in [-0.2, -0.15) is 5.10 Å². The van der Waals surface area contributed by atoms with Crippen molar-refractivity contribution in [3.8, 4) is 5.82 Å². The van der Waals surface area contributed by atoms with E-state index < -0.39 is 11.8 Å². The first-order valence-electron chi connectivity index (χ1n) is 5.90. The second kappa shape index (κ2) is 4.79. The van der Waals surface area contributed by atoms with E-state index in [1.807, 2.05) is 20.8 Å². The number of halogens is 1. The maximum Gasteiger partial charge on any atom is 0.339 e. The fourth-order valence-corrected chi connectivity index (χ4v) is 2.15. The van der Waals surface area contributed by atoms with E-state index in [0.29, 0.717) is 0 Å². The van der Waals surface area contributed by atoms with Crippen molar-refractivity contribution in [2.24, 2.45) is 0 Å². The topological polar surface area (TPSA) is 68.0 Å². The number of carboxylic acids is 1. The Labute approximate surface area is 109 Å². The van der Waals surface area contributed by atoms with Gasteiger partial charge in [-0.25, -0.2) is 18.9 Å². The molecule has 0 amide bonds. The molecule has 6 heteroatoms. The van der Waals surface area contributed by atoms with Crippen LogP contribution in [0.1, 0.15) is 34.2 Å². The Kier molecular flexibility index (Phi) is 3.33. The molecule has 2 heterocycles. The molecule has 19 heavy (non-hydrogen) atoms. The van der Waals surface area contributed by atoms with E-state index >= 15 is 0 Å². The lowest BCUT2D eigenvalue weighted by Gasteiger charge is -2.07. The van der Waals surface area contributed by atoms with Gasteiger partial charge in [0.1, 0.15) is 11.4 Å². The minimum Gasteiger partial charge on any atom is -0.478 e. The number of pyridine rings is 1. The van der Waals surface area contributed by atoms with Gasteiger partial charge in [0.2, 0.25) is 0 Å². The molecule has 0 spiro atoms. The Bertz CT molecular complexity index is 650. The van der Waals surface area contributed by atoms with Crippen LogP contribution in [0.25, 0.3) is 5.82 Å². The van der Waals surface area contributed by atoms with Gasteiger partial charge in [-0.05, 0) is 31.9 Å². The summed E-state index contributed by atoms with van der Waals surface area (Å²) in [5.41, 5.74) is 2.49. The summed E-state index contributed by atoms with van der Waals surface area (Å²) in [5, 5.41) is 13.4. The standard InChI is InChI=1S/C13H14FN3O2/c1-4-10-7(2)16-17(8(10)3)12-11(13(18)19)5-9(14)6-15-12/h5-6H,4H2,1-3H3,(H,18,19). The van der Waals surface area contributed by atoms with Crippen molar-refractivity contribution in [2.75, 3.05) is 0 Å². The van der Waals surface area contributed by atoms with Gasteiger partial charge >= 0.3 is 5.97 Å². The molecule has 0 aromatic carbocycles. The van der Waals surface area contributed by atoms with Gasteiger partial charge in [0.25, 0.3) is 0 Å². The molecule has 5 nitrogen and oxygen atoms in total. The highest BCUT2D eigenvalue weighted by atomic mass is 19.1. The average molecular weight is 263 g/mol. The Morgan fingerprint density at radius 3 is 2.68 bits per heavy atom. The summed E-state index contributed by atoms with van der Waals surface area (Å²) in [6, 6.07) is 0.951. The molecule has 0 bridgehead atoms. The average Bonchev–Trinajstić information content (AvgIpc) is 2.64. The van der Waals surface area contributed by atoms with Gasteiger partial charge < -0.3 is 5.11 Å². The summed E-state index contributed by atoms with van der Waals surface area (Å²) >= 11 is 0. The monoisotopic (exact) mass is 263 g/mol. The van der Waals surface area contributed by atoms with Crippen LogP contribution in [0.3, 0.4) is 0 Å². The number of carbonyl (C=O) groups is 1. The normalized spacial score (nSPS) is 10.7. The van der Waals surface area contributed by atoms with Crippen LogP contribution < -0.4 is 0 Å². The smallest absolute Gasteiger partial charge is 0.339 e. The number of aryl methyl sites for hydroxylation is 1. The third-order valence-corrected chi connectivity index (χ3v) is 3.06. The SMILES string of the molecule is CCc1c(C)nn(-c2ncc(F)cc2C(=O)O)c1C. The molecular weight excluding hydrogens is 249 g/mol. The fraction of sp³-hybridized carbons (Fsp3) is 0.308. The summed E-state index contributed by atoms with van der Waals surface area (Å²) < 4.78 is 14.6. The molecule has 0 unspecified atom stereocenters. The van der Waals surface area contributed by atoms with Crippen LogP contribution in [-0.2, 0) is 6.42 Å². The third-order valence-electron chi connectivity index (χ3n) is 3.06. The molecule has 0 aliphatic carbocycles. The lowest BCUT2D eigenvalue weighted by Crippen LogP contribution is -2.11. The summed E-state index contributed by atoms with van der Waals surface area (Å²) in [4.78, 5) is 15.0. The van der Waals surface area contributed by atoms with Crippen molar-refractivity contribution in [2.45, 2.75) is 27.2 Å². The number of nitrogens with zero attached hydrogens (tertiary/aromatic N) is 3. The van der Waals surface area contributed by atoms with E-state index in [-0.39, 0.29) is 11.4 Å². The number of aromatic carboxylic acids is 1. The van der Waals surface area contributed by atoms with Crippen LogP contribution in [0, 0.1) is 19.7 Å². The maximum absolute atomic E-state index is 13.1. The van der Waals surface area contributed by atoms with E-state index in [1.165, 1.54) is 4.68 Å². The number of hydrogen-bond donors (Lipinski definition) is 1. The molecule has 0 saturated carbocycles. The zero-order chi connectivity index (χ0) is 14.2. The molecule has 0 aliphatic heterocycles. The Morgan fingerprint density at radius 1 is 1.47 bits per heavy atom. The predicted molar refractivity (Wildman–Crippen MR) is 67.1 cm³/mol. The summed E-state index contributed by atoms with van der Waals surface area (Å²) in [7, 11) is 0. The summed E-state index contributed by atoms with van der Waals surface area (Å²) in [6.07, 6.45) is 1.78. The van der Waals surface area contributed by atoms with Gasteiger partial charge in [-0.15, -0.1) is 0 Å². The highest BCUT2D eigenvalue weighted by Gasteiger charge is 2.19. The molecule has 1 N–H and O–H groups in total. The molecule has 0 fully saturated rings. The molecule has 2 rings (SSSR count). The second-order valence-corrected chi connectivity index (χ2v) is 4.24. The van der Waals surface area contributed by atoms with Crippen molar-refractivity contribution in [3.63, 3.8) is 0 Å². The van der Waals surface area contributed by atoms with Gasteiger partial charge in [-0.1, -0.05) is 6.92 Å². The Balaban J connectivity index is 2.69. The van der Waals surface area contributed by atoms with Gasteiger partial charge in [0.05, 0.1) is 11.9 Å². The van der Waals surface area contributed by atoms with Crippen LogP contribution in [0.5, 0.6) is 0 Å². The van der Waals surface area contributed by atoms with Crippen LogP contribution in [0.4, 0.5) is 4.39 Å². The highest BCUT2D eigenvalue weighted by Crippen LogP contribution is 2.20. The maximum atomic E-state index is 13.1. The van der Waals surface area contributed by atoms with Crippen LogP contribution in [0.2, 0.25) is 0 Å². The Morgan fingerprint density at radius 2 is 2.16 bits per heavy atom. The van der Waals surface area contributed by atoms with Gasteiger partial charge in [0, 0.05) is 5.69 Å². The predicted octanol–water partition coefficient (Wildman–Crippen LogP) is 2.28. The molecule has 0 atom stereocenters. The van der Waals surface area contributed by atoms with Crippen LogP contribution in [-0.4, -0.2) is 25.8 Å². The molecule has 0 radical (unpaired) electrons. The van der Waals surface area contributed by atoms with Crippen molar-refractivity contribution >= 4 is 5.97 Å². The molecular formula is C13H14FN3O2. The largest absolute Gasteiger partial charge is 0.478 e. The molecule has 2 aromatic rings. The number of aromatic nitrogens is 3. The van der Waals surface area contributed by atoms with Gasteiger partial charge in [0.15, 0.2) is 5.82 Å². The minimum absolute atomic E-state index is 0.134. The first-order valence-corrected chi connectivity index (χ1v) is 5.90. The third kappa shape index (κ3) is 2.21. The molecule has 100 valence electrons. The lowest BCUT2D eigenvalue weighted by atomic mass is 10.1. The van der Waals surface area contributed by atoms with E-state index in [9.17, 15) is 9.18 Å². The Hall–Kier alpha value is -2.24. The van der Waals surface area contributed by atoms with E-state index in [0.717, 1.165) is 35.6 Å². The number of rotatable bonds is 3. The number of hydrogen-bond acceptors (Lipinski definition) is 3. The molecule has 2 aromatic heterocycles. The molecule has 0 saturated heterocycles. The van der Waals surface area contributed by atoms with E-state index in [2.05, 4.69) is 10.1 Å². The summed E-state index contributed by atoms with van der Waals surface area (Å²) in [5.74, 6) is -1.78.